The van der Waals surface area contributed by atoms with E-state index in [1.54, 1.807) is 22.1 Å². The van der Waals surface area contributed by atoms with Gasteiger partial charge in [-0.05, 0) is 42.8 Å². The molecule has 0 unspecified atom stereocenters. The highest BCUT2D eigenvalue weighted by molar-refractivity contribution is 5.81. The maximum absolute atomic E-state index is 11.9. The number of benzene rings is 1. The summed E-state index contributed by atoms with van der Waals surface area (Å²) in [6.07, 6.45) is 4.24. The lowest BCUT2D eigenvalue weighted by Crippen LogP contribution is -2.25. The van der Waals surface area contributed by atoms with Crippen molar-refractivity contribution in [2.45, 2.75) is 13.5 Å². The molecule has 0 bridgehead atoms. The van der Waals surface area contributed by atoms with Crippen LogP contribution >= 0.6 is 0 Å². The molecule has 0 aliphatic carbocycles. The standard InChI is InChI=1S/C22H20N6O/c1-16-10-11-17(13-24-16)14-28-22-19(9-6-12-23-22)21(20(15-29)25-28)26-27(2)18-7-4-3-5-8-18/h3-13,15H,14H2,1-2H3/b26-21-. The molecule has 0 amide bonds. The van der Waals surface area contributed by atoms with E-state index < -0.39 is 0 Å². The predicted octanol–water partition coefficient (Wildman–Crippen LogP) is 2.95. The van der Waals surface area contributed by atoms with E-state index in [1.165, 1.54) is 0 Å². The number of rotatable bonds is 5. The molecule has 0 spiro atoms. The molecule has 0 atom stereocenters. The van der Waals surface area contributed by atoms with E-state index in [9.17, 15) is 4.79 Å². The van der Waals surface area contributed by atoms with Crippen molar-refractivity contribution in [2.24, 2.45) is 5.10 Å². The second kappa shape index (κ2) is 8.02. The third-order valence-corrected chi connectivity index (χ3v) is 4.55. The summed E-state index contributed by atoms with van der Waals surface area (Å²) in [6.45, 7) is 2.40. The third kappa shape index (κ3) is 3.89. The second-order valence-corrected chi connectivity index (χ2v) is 6.65. The number of carbonyl (C=O) groups excluding carboxylic acids is 1. The van der Waals surface area contributed by atoms with Crippen molar-refractivity contribution in [1.82, 2.24) is 19.7 Å². The normalized spacial score (nSPS) is 11.6. The molecule has 0 radical (unpaired) electrons. The first-order chi connectivity index (χ1) is 14.2. The fraction of sp³-hybridized carbons (Fsp3) is 0.136. The Morgan fingerprint density at radius 1 is 1.07 bits per heavy atom. The van der Waals surface area contributed by atoms with Crippen LogP contribution < -0.4 is 10.4 Å². The van der Waals surface area contributed by atoms with Gasteiger partial charge in [0.05, 0.1) is 12.2 Å². The Kier molecular flexibility index (Phi) is 5.11. The molecular formula is C22H20N6O. The van der Waals surface area contributed by atoms with Crippen LogP contribution in [0.25, 0.3) is 11.0 Å². The second-order valence-electron chi connectivity index (χ2n) is 6.65. The fourth-order valence-corrected chi connectivity index (χ4v) is 3.06. The number of aldehydes is 1. The molecule has 4 aromatic rings. The number of anilines is 1. The largest absolute Gasteiger partial charge is 0.296 e. The summed E-state index contributed by atoms with van der Waals surface area (Å²) in [5, 5.41) is 12.2. The van der Waals surface area contributed by atoms with E-state index in [-0.39, 0.29) is 5.69 Å². The highest BCUT2D eigenvalue weighted by atomic mass is 16.1. The molecule has 3 aromatic heterocycles. The summed E-state index contributed by atoms with van der Waals surface area (Å²) in [6, 6.07) is 17.4. The van der Waals surface area contributed by atoms with Gasteiger partial charge in [-0.3, -0.25) is 14.8 Å². The summed E-state index contributed by atoms with van der Waals surface area (Å²) in [4.78, 5) is 20.7. The Bertz CT molecular complexity index is 1220. The number of fused-ring (bicyclic) bond motifs is 1. The van der Waals surface area contributed by atoms with Crippen LogP contribution in [-0.2, 0) is 6.54 Å². The molecule has 3 heterocycles. The van der Waals surface area contributed by atoms with Crippen molar-refractivity contribution in [3.63, 3.8) is 0 Å². The minimum atomic E-state index is 0.258. The average Bonchev–Trinajstić information content (AvgIpc) is 2.77. The number of aromatic nitrogens is 4. The van der Waals surface area contributed by atoms with Gasteiger partial charge in [0.25, 0.3) is 0 Å². The smallest absolute Gasteiger partial charge is 0.172 e. The summed E-state index contributed by atoms with van der Waals surface area (Å²) >= 11 is 0. The van der Waals surface area contributed by atoms with Crippen LogP contribution in [0.15, 0.2) is 72.1 Å². The minimum absolute atomic E-state index is 0.258. The Balaban J connectivity index is 1.87. The predicted molar refractivity (Wildman–Crippen MR) is 111 cm³/mol. The maximum atomic E-state index is 11.9. The van der Waals surface area contributed by atoms with Gasteiger partial charge in [0.2, 0.25) is 0 Å². The Hall–Kier alpha value is -3.87. The maximum Gasteiger partial charge on any atom is 0.172 e. The average molecular weight is 384 g/mol. The van der Waals surface area contributed by atoms with Gasteiger partial charge in [-0.25, -0.2) is 9.67 Å². The van der Waals surface area contributed by atoms with E-state index in [0.717, 1.165) is 28.6 Å². The van der Waals surface area contributed by atoms with Crippen molar-refractivity contribution >= 4 is 23.0 Å². The van der Waals surface area contributed by atoms with E-state index in [1.807, 2.05) is 68.6 Å². The van der Waals surface area contributed by atoms with Crippen molar-refractivity contribution in [1.29, 1.82) is 0 Å². The number of pyridine rings is 2. The first-order valence-electron chi connectivity index (χ1n) is 9.21. The van der Waals surface area contributed by atoms with Gasteiger partial charge < -0.3 is 0 Å². The van der Waals surface area contributed by atoms with Gasteiger partial charge in [0.15, 0.2) is 17.6 Å². The number of hydrogen-bond acceptors (Lipinski definition) is 6. The number of hydrogen-bond donors (Lipinski definition) is 0. The zero-order valence-corrected chi connectivity index (χ0v) is 16.2. The van der Waals surface area contributed by atoms with Gasteiger partial charge in [-0.2, -0.15) is 10.2 Å². The van der Waals surface area contributed by atoms with Gasteiger partial charge in [0.1, 0.15) is 5.36 Å². The number of carbonyl (C=O) groups is 1. The highest BCUT2D eigenvalue weighted by Gasteiger charge is 2.12. The fourth-order valence-electron chi connectivity index (χ4n) is 3.06. The van der Waals surface area contributed by atoms with Crippen LogP contribution in [-0.4, -0.2) is 33.1 Å². The van der Waals surface area contributed by atoms with Crippen LogP contribution in [0, 0.1) is 6.92 Å². The van der Waals surface area contributed by atoms with E-state index in [2.05, 4.69) is 20.2 Å². The lowest BCUT2D eigenvalue weighted by Gasteiger charge is -2.15. The van der Waals surface area contributed by atoms with Gasteiger partial charge in [0, 0.05) is 30.5 Å². The molecule has 144 valence electrons. The molecule has 4 rings (SSSR count). The van der Waals surface area contributed by atoms with Crippen molar-refractivity contribution in [2.75, 3.05) is 12.1 Å². The molecule has 7 heteroatoms. The zero-order valence-electron chi connectivity index (χ0n) is 16.2. The molecule has 0 aliphatic heterocycles. The molecule has 7 nitrogen and oxygen atoms in total. The number of nitrogens with zero attached hydrogens (tertiary/aromatic N) is 6. The Morgan fingerprint density at radius 3 is 2.62 bits per heavy atom. The Labute approximate surface area is 168 Å². The molecule has 0 aliphatic rings. The van der Waals surface area contributed by atoms with E-state index >= 15 is 0 Å². The van der Waals surface area contributed by atoms with Crippen molar-refractivity contribution < 1.29 is 4.79 Å². The van der Waals surface area contributed by atoms with Crippen LogP contribution in [0.1, 0.15) is 21.7 Å². The third-order valence-electron chi connectivity index (χ3n) is 4.55. The van der Waals surface area contributed by atoms with E-state index in [4.69, 9.17) is 0 Å². The first kappa shape index (κ1) is 18.5. The summed E-state index contributed by atoms with van der Waals surface area (Å²) in [5.41, 5.74) is 3.74. The van der Waals surface area contributed by atoms with Gasteiger partial charge >= 0.3 is 0 Å². The topological polar surface area (TPSA) is 76.3 Å². The van der Waals surface area contributed by atoms with Crippen molar-refractivity contribution in [3.05, 3.63) is 89.3 Å². The lowest BCUT2D eigenvalue weighted by atomic mass is 10.2. The monoisotopic (exact) mass is 384 g/mol. The number of aryl methyl sites for hydroxylation is 1. The van der Waals surface area contributed by atoms with Crippen LogP contribution in [0.5, 0.6) is 0 Å². The van der Waals surface area contributed by atoms with E-state index in [0.29, 0.717) is 17.5 Å². The minimum Gasteiger partial charge on any atom is -0.296 e. The molecule has 0 saturated carbocycles. The van der Waals surface area contributed by atoms with Gasteiger partial charge in [-0.15, -0.1) is 0 Å². The lowest BCUT2D eigenvalue weighted by molar-refractivity contribution is 0.111. The molecule has 29 heavy (non-hydrogen) atoms. The summed E-state index contributed by atoms with van der Waals surface area (Å²) in [7, 11) is 1.84. The SMILES string of the molecule is Cc1ccc(Cn2nc(C=O)/c(=N\N(C)c3ccccc3)c3cccnc32)cn1. The molecular weight excluding hydrogens is 364 g/mol. The molecule has 1 aromatic carbocycles. The van der Waals surface area contributed by atoms with Crippen LogP contribution in [0.4, 0.5) is 5.69 Å². The molecule has 0 N–H and O–H groups in total. The van der Waals surface area contributed by atoms with Crippen LogP contribution in [0.2, 0.25) is 0 Å². The number of para-hydroxylation sites is 1. The van der Waals surface area contributed by atoms with Crippen molar-refractivity contribution in [3.8, 4) is 0 Å². The molecule has 0 fully saturated rings. The van der Waals surface area contributed by atoms with Gasteiger partial charge in [-0.1, -0.05) is 24.3 Å². The first-order valence-corrected chi connectivity index (χ1v) is 9.21. The molecule has 0 saturated heterocycles. The quantitative estimate of drug-likeness (QED) is 0.391. The Morgan fingerprint density at radius 2 is 1.90 bits per heavy atom. The zero-order chi connectivity index (χ0) is 20.2. The summed E-state index contributed by atoms with van der Waals surface area (Å²) in [5.74, 6) is 0. The van der Waals surface area contributed by atoms with Crippen LogP contribution in [0.3, 0.4) is 0 Å². The highest BCUT2D eigenvalue weighted by Crippen LogP contribution is 2.13. The summed E-state index contributed by atoms with van der Waals surface area (Å²) < 4.78 is 1.72.